The summed E-state index contributed by atoms with van der Waals surface area (Å²) in [5.41, 5.74) is 2.84. The SMILES string of the molecule is Cc1sc(-c2ccc(Cl)cc2)nc1C1C(=O)C=C(Cc2ccoc2)C1=O. The average Bonchev–Trinajstić information content (AvgIpc) is 3.31. The first-order valence-electron chi connectivity index (χ1n) is 8.06. The largest absolute Gasteiger partial charge is 0.472 e. The maximum atomic E-state index is 12.8. The zero-order chi connectivity index (χ0) is 18.3. The Morgan fingerprint density at radius 1 is 1.19 bits per heavy atom. The van der Waals surface area contributed by atoms with Crippen molar-refractivity contribution in [3.05, 3.63) is 75.7 Å². The zero-order valence-electron chi connectivity index (χ0n) is 13.9. The second-order valence-electron chi connectivity index (χ2n) is 6.14. The van der Waals surface area contributed by atoms with Crippen molar-refractivity contribution in [2.75, 3.05) is 0 Å². The Labute approximate surface area is 159 Å². The van der Waals surface area contributed by atoms with Crippen LogP contribution in [0.1, 0.15) is 22.1 Å². The second kappa shape index (κ2) is 6.67. The number of Topliss-reactive ketones (excluding diaryl/α,β-unsaturated/α-hetero) is 1. The van der Waals surface area contributed by atoms with Crippen molar-refractivity contribution in [3.8, 4) is 10.6 Å². The summed E-state index contributed by atoms with van der Waals surface area (Å²) in [4.78, 5) is 30.8. The van der Waals surface area contributed by atoms with E-state index < -0.39 is 5.92 Å². The Bertz CT molecular complexity index is 1020. The van der Waals surface area contributed by atoms with Crippen LogP contribution in [0.3, 0.4) is 0 Å². The van der Waals surface area contributed by atoms with Gasteiger partial charge in [-0.1, -0.05) is 23.7 Å². The number of aryl methyl sites for hydroxylation is 1. The summed E-state index contributed by atoms with van der Waals surface area (Å²) >= 11 is 7.41. The molecule has 0 amide bonds. The van der Waals surface area contributed by atoms with Gasteiger partial charge in [-0.15, -0.1) is 11.3 Å². The van der Waals surface area contributed by atoms with Crippen molar-refractivity contribution in [2.45, 2.75) is 19.3 Å². The number of nitrogens with zero attached hydrogens (tertiary/aromatic N) is 1. The number of hydrogen-bond acceptors (Lipinski definition) is 5. The molecule has 0 saturated carbocycles. The highest BCUT2D eigenvalue weighted by Crippen LogP contribution is 2.36. The van der Waals surface area contributed by atoms with Crippen LogP contribution in [0.2, 0.25) is 5.02 Å². The highest BCUT2D eigenvalue weighted by atomic mass is 35.5. The zero-order valence-corrected chi connectivity index (χ0v) is 15.4. The van der Waals surface area contributed by atoms with Crippen LogP contribution < -0.4 is 0 Å². The smallest absolute Gasteiger partial charge is 0.176 e. The fraction of sp³-hybridized carbons (Fsp3) is 0.150. The molecule has 2 heterocycles. The van der Waals surface area contributed by atoms with E-state index >= 15 is 0 Å². The summed E-state index contributed by atoms with van der Waals surface area (Å²) in [6.07, 6.45) is 4.97. The summed E-state index contributed by atoms with van der Waals surface area (Å²) < 4.78 is 5.03. The number of carbonyl (C=O) groups is 2. The molecule has 4 rings (SSSR count). The van der Waals surface area contributed by atoms with E-state index in [1.807, 2.05) is 19.1 Å². The van der Waals surface area contributed by atoms with Gasteiger partial charge in [-0.25, -0.2) is 4.98 Å². The van der Waals surface area contributed by atoms with Gasteiger partial charge in [0.1, 0.15) is 10.9 Å². The number of carbonyl (C=O) groups excluding carboxylic acids is 2. The van der Waals surface area contributed by atoms with Crippen molar-refractivity contribution < 1.29 is 14.0 Å². The maximum Gasteiger partial charge on any atom is 0.176 e. The summed E-state index contributed by atoms with van der Waals surface area (Å²) in [5.74, 6) is -1.22. The fourth-order valence-electron chi connectivity index (χ4n) is 3.04. The quantitative estimate of drug-likeness (QED) is 0.609. The molecule has 4 nitrogen and oxygen atoms in total. The van der Waals surface area contributed by atoms with E-state index in [0.717, 1.165) is 21.0 Å². The molecule has 6 heteroatoms. The van der Waals surface area contributed by atoms with Gasteiger partial charge in [0.15, 0.2) is 11.6 Å². The van der Waals surface area contributed by atoms with Crippen LogP contribution in [0, 0.1) is 6.92 Å². The van der Waals surface area contributed by atoms with Gasteiger partial charge in [0.05, 0.1) is 18.2 Å². The summed E-state index contributed by atoms with van der Waals surface area (Å²) in [6, 6.07) is 9.14. The molecule has 0 N–H and O–H groups in total. The predicted octanol–water partition coefficient (Wildman–Crippen LogP) is 4.77. The Kier molecular flexibility index (Phi) is 4.34. The third-order valence-electron chi connectivity index (χ3n) is 4.35. The van der Waals surface area contributed by atoms with Gasteiger partial charge >= 0.3 is 0 Å². The summed E-state index contributed by atoms with van der Waals surface area (Å²) in [6.45, 7) is 1.89. The van der Waals surface area contributed by atoms with Crippen LogP contribution in [0.4, 0.5) is 0 Å². The molecule has 1 unspecified atom stereocenters. The molecule has 1 aliphatic carbocycles. The number of aromatic nitrogens is 1. The Morgan fingerprint density at radius 2 is 1.96 bits per heavy atom. The molecular formula is C20H14ClNO3S. The lowest BCUT2D eigenvalue weighted by Gasteiger charge is -2.06. The molecule has 0 spiro atoms. The van der Waals surface area contributed by atoms with Gasteiger partial charge < -0.3 is 4.42 Å². The number of benzene rings is 1. The van der Waals surface area contributed by atoms with Crippen LogP contribution in [0.5, 0.6) is 0 Å². The number of thiazole rings is 1. The normalized spacial score (nSPS) is 17.0. The number of rotatable bonds is 4. The minimum atomic E-state index is -0.839. The fourth-order valence-corrected chi connectivity index (χ4v) is 4.13. The van der Waals surface area contributed by atoms with E-state index in [4.69, 9.17) is 16.0 Å². The lowest BCUT2D eigenvalue weighted by molar-refractivity contribution is -0.123. The summed E-state index contributed by atoms with van der Waals surface area (Å²) in [7, 11) is 0. The molecule has 26 heavy (non-hydrogen) atoms. The lowest BCUT2D eigenvalue weighted by atomic mass is 9.96. The van der Waals surface area contributed by atoms with Crippen LogP contribution in [0.15, 0.2) is 58.9 Å². The van der Waals surface area contributed by atoms with Gasteiger partial charge in [-0.2, -0.15) is 0 Å². The molecule has 0 radical (unpaired) electrons. The first-order valence-corrected chi connectivity index (χ1v) is 9.25. The van der Waals surface area contributed by atoms with Crippen LogP contribution in [-0.4, -0.2) is 16.6 Å². The van der Waals surface area contributed by atoms with Crippen LogP contribution >= 0.6 is 22.9 Å². The maximum absolute atomic E-state index is 12.8. The number of furan rings is 1. The van der Waals surface area contributed by atoms with Gasteiger partial charge in [0.25, 0.3) is 0 Å². The highest BCUT2D eigenvalue weighted by Gasteiger charge is 2.38. The highest BCUT2D eigenvalue weighted by molar-refractivity contribution is 7.15. The predicted molar refractivity (Wildman–Crippen MR) is 101 cm³/mol. The van der Waals surface area contributed by atoms with Gasteiger partial charge in [-0.05, 0) is 36.8 Å². The average molecular weight is 384 g/mol. The van der Waals surface area contributed by atoms with Crippen molar-refractivity contribution >= 4 is 34.5 Å². The molecule has 1 aromatic carbocycles. The van der Waals surface area contributed by atoms with Crippen molar-refractivity contribution in [1.82, 2.24) is 4.98 Å². The Balaban J connectivity index is 1.63. The molecule has 0 aliphatic heterocycles. The van der Waals surface area contributed by atoms with E-state index in [1.54, 1.807) is 30.7 Å². The third-order valence-corrected chi connectivity index (χ3v) is 5.64. The van der Waals surface area contributed by atoms with Crippen LogP contribution in [0.25, 0.3) is 10.6 Å². The number of hydrogen-bond donors (Lipinski definition) is 0. The molecule has 0 fully saturated rings. The van der Waals surface area contributed by atoms with E-state index in [2.05, 4.69) is 4.98 Å². The van der Waals surface area contributed by atoms with E-state index in [9.17, 15) is 9.59 Å². The van der Waals surface area contributed by atoms with Gasteiger partial charge in [0.2, 0.25) is 0 Å². The second-order valence-corrected chi connectivity index (χ2v) is 7.78. The van der Waals surface area contributed by atoms with E-state index in [-0.39, 0.29) is 11.6 Å². The number of halogens is 1. The number of allylic oxidation sites excluding steroid dienone is 2. The molecule has 130 valence electrons. The molecule has 1 aliphatic rings. The first-order chi connectivity index (χ1) is 12.5. The monoisotopic (exact) mass is 383 g/mol. The van der Waals surface area contributed by atoms with Gasteiger partial charge in [0, 0.05) is 27.5 Å². The van der Waals surface area contributed by atoms with Crippen molar-refractivity contribution in [3.63, 3.8) is 0 Å². The molecule has 3 aromatic rings. The van der Waals surface area contributed by atoms with Gasteiger partial charge in [-0.3, -0.25) is 9.59 Å². The first kappa shape index (κ1) is 16.9. The lowest BCUT2D eigenvalue weighted by Crippen LogP contribution is -2.16. The minimum Gasteiger partial charge on any atom is -0.472 e. The van der Waals surface area contributed by atoms with E-state index in [1.165, 1.54) is 17.4 Å². The molecular weight excluding hydrogens is 370 g/mol. The minimum absolute atomic E-state index is 0.174. The van der Waals surface area contributed by atoms with Crippen molar-refractivity contribution in [2.24, 2.45) is 0 Å². The standard InChI is InChI=1S/C20H14ClNO3S/c1-11-18(22-20(26-11)13-2-4-15(21)5-3-13)17-16(23)9-14(19(17)24)8-12-6-7-25-10-12/h2-7,9-10,17H,8H2,1H3. The Hall–Kier alpha value is -2.50. The van der Waals surface area contributed by atoms with Crippen LogP contribution in [-0.2, 0) is 16.0 Å². The number of ketones is 2. The summed E-state index contributed by atoms with van der Waals surface area (Å²) in [5, 5.41) is 1.43. The third kappa shape index (κ3) is 3.04. The van der Waals surface area contributed by atoms with Crippen molar-refractivity contribution in [1.29, 1.82) is 0 Å². The molecule has 0 saturated heterocycles. The molecule has 0 bridgehead atoms. The molecule has 2 aromatic heterocycles. The Morgan fingerprint density at radius 3 is 2.65 bits per heavy atom. The van der Waals surface area contributed by atoms with E-state index in [0.29, 0.717) is 22.7 Å². The topological polar surface area (TPSA) is 60.2 Å². The molecule has 1 atom stereocenters.